The Morgan fingerprint density at radius 1 is 1.16 bits per heavy atom. The molecule has 7 heteroatoms. The summed E-state index contributed by atoms with van der Waals surface area (Å²) >= 11 is 13.1. The van der Waals surface area contributed by atoms with E-state index in [-0.39, 0.29) is 5.82 Å². The average molecular weight is 394 g/mol. The summed E-state index contributed by atoms with van der Waals surface area (Å²) in [6.07, 6.45) is 0. The van der Waals surface area contributed by atoms with Crippen LogP contribution in [0, 0.1) is 24.4 Å². The Labute approximate surface area is 160 Å². The Hall–Kier alpha value is -1.63. The highest BCUT2D eigenvalue weighted by molar-refractivity contribution is 7.97. The van der Waals surface area contributed by atoms with E-state index >= 15 is 0 Å². The summed E-state index contributed by atoms with van der Waals surface area (Å²) in [5.41, 5.74) is 4.34. The topological polar surface area (TPSA) is 33.6 Å². The minimum atomic E-state index is -0.325. The van der Waals surface area contributed by atoms with Crippen LogP contribution in [0.3, 0.4) is 0 Å². The van der Waals surface area contributed by atoms with Gasteiger partial charge in [-0.25, -0.2) is 4.39 Å². The molecule has 0 bridgehead atoms. The molecule has 0 saturated carbocycles. The molecule has 1 N–H and O–H groups in total. The molecule has 0 amide bonds. The van der Waals surface area contributed by atoms with Crippen LogP contribution in [-0.2, 0) is 11.5 Å². The monoisotopic (exact) mass is 393 g/mol. The molecule has 130 valence electrons. The summed E-state index contributed by atoms with van der Waals surface area (Å²) in [6, 6.07) is 10.7. The highest BCUT2D eigenvalue weighted by Crippen LogP contribution is 2.25. The number of aromatic nitrogens is 3. The molecule has 1 heterocycles. The van der Waals surface area contributed by atoms with Gasteiger partial charge in [-0.3, -0.25) is 9.67 Å². The molecule has 0 spiro atoms. The zero-order valence-electron chi connectivity index (χ0n) is 13.8. The van der Waals surface area contributed by atoms with Gasteiger partial charge in [0.2, 0.25) is 0 Å². The number of nitrogens with zero attached hydrogens (tertiary/aromatic N) is 2. The third-order valence-electron chi connectivity index (χ3n) is 3.99. The number of aryl methyl sites for hydroxylation is 2. The van der Waals surface area contributed by atoms with Crippen LogP contribution in [-0.4, -0.2) is 14.8 Å². The van der Waals surface area contributed by atoms with Gasteiger partial charge in [-0.15, -0.1) is 11.8 Å². The molecule has 1 aromatic heterocycles. The van der Waals surface area contributed by atoms with Crippen molar-refractivity contribution in [2.75, 3.05) is 0 Å². The number of thioether (sulfide) groups is 1. The van der Waals surface area contributed by atoms with E-state index < -0.39 is 0 Å². The molecular formula is C18H17ClFN3S2. The molecule has 0 unspecified atom stereocenters. The van der Waals surface area contributed by atoms with Crippen LogP contribution in [0.25, 0.3) is 5.69 Å². The van der Waals surface area contributed by atoms with Crippen LogP contribution >= 0.6 is 35.6 Å². The van der Waals surface area contributed by atoms with E-state index in [1.54, 1.807) is 17.8 Å². The van der Waals surface area contributed by atoms with Gasteiger partial charge >= 0.3 is 0 Å². The molecule has 25 heavy (non-hydrogen) atoms. The molecule has 0 aliphatic heterocycles. The molecule has 2 aromatic carbocycles. The number of aromatic amines is 1. The number of hydrogen-bond acceptors (Lipinski definition) is 3. The van der Waals surface area contributed by atoms with Crippen LogP contribution in [0.2, 0.25) is 5.02 Å². The fourth-order valence-electron chi connectivity index (χ4n) is 2.45. The Morgan fingerprint density at radius 3 is 2.68 bits per heavy atom. The van der Waals surface area contributed by atoms with Gasteiger partial charge in [-0.2, -0.15) is 5.10 Å². The molecule has 0 aliphatic rings. The molecule has 3 aromatic rings. The number of rotatable bonds is 5. The first-order chi connectivity index (χ1) is 12.0. The Morgan fingerprint density at radius 2 is 1.96 bits per heavy atom. The summed E-state index contributed by atoms with van der Waals surface area (Å²) in [5.74, 6) is 1.85. The maximum absolute atomic E-state index is 13.1. The zero-order chi connectivity index (χ0) is 18.0. The quantitative estimate of drug-likeness (QED) is 0.558. The SMILES string of the molecule is Cc1ccc(-n2c(CSCc3ccc(F)cc3Cl)n[nH]c2=S)cc1C. The van der Waals surface area contributed by atoms with E-state index in [0.717, 1.165) is 17.1 Å². The van der Waals surface area contributed by atoms with Gasteiger partial charge < -0.3 is 0 Å². The van der Waals surface area contributed by atoms with Crippen molar-refractivity contribution in [1.82, 2.24) is 14.8 Å². The first-order valence-corrected chi connectivity index (χ1v) is 9.65. The van der Waals surface area contributed by atoms with Crippen molar-refractivity contribution in [3.63, 3.8) is 0 Å². The maximum atomic E-state index is 13.1. The Bertz CT molecular complexity index is 965. The van der Waals surface area contributed by atoms with Gasteiger partial charge in [0.1, 0.15) is 11.6 Å². The molecule has 0 fully saturated rings. The van der Waals surface area contributed by atoms with E-state index in [1.165, 1.54) is 23.3 Å². The van der Waals surface area contributed by atoms with Crippen LogP contribution in [0.15, 0.2) is 36.4 Å². The summed E-state index contributed by atoms with van der Waals surface area (Å²) < 4.78 is 15.6. The summed E-state index contributed by atoms with van der Waals surface area (Å²) in [7, 11) is 0. The van der Waals surface area contributed by atoms with Gasteiger partial charge in [-0.1, -0.05) is 23.7 Å². The van der Waals surface area contributed by atoms with Crippen molar-refractivity contribution in [3.8, 4) is 5.69 Å². The predicted octanol–water partition coefficient (Wildman–Crippen LogP) is 5.77. The van der Waals surface area contributed by atoms with Crippen LogP contribution in [0.5, 0.6) is 0 Å². The third kappa shape index (κ3) is 4.14. The average Bonchev–Trinajstić information content (AvgIpc) is 2.93. The van der Waals surface area contributed by atoms with Gasteiger partial charge in [0, 0.05) is 16.5 Å². The lowest BCUT2D eigenvalue weighted by Gasteiger charge is -2.09. The summed E-state index contributed by atoms with van der Waals surface area (Å²) in [6.45, 7) is 4.16. The second-order valence-electron chi connectivity index (χ2n) is 5.78. The highest BCUT2D eigenvalue weighted by Gasteiger charge is 2.10. The highest BCUT2D eigenvalue weighted by atomic mass is 35.5. The smallest absolute Gasteiger partial charge is 0.199 e. The molecule has 3 nitrogen and oxygen atoms in total. The molecule has 3 rings (SSSR count). The van der Waals surface area contributed by atoms with Crippen molar-refractivity contribution >= 4 is 35.6 Å². The van der Waals surface area contributed by atoms with Crippen molar-refractivity contribution in [3.05, 3.63) is 74.5 Å². The second kappa shape index (κ2) is 7.72. The number of H-pyrrole nitrogens is 1. The van der Waals surface area contributed by atoms with Gasteiger partial charge in [0.05, 0.1) is 5.75 Å². The van der Waals surface area contributed by atoms with Crippen molar-refractivity contribution in [2.45, 2.75) is 25.4 Å². The van der Waals surface area contributed by atoms with E-state index in [9.17, 15) is 4.39 Å². The predicted molar refractivity (Wildman–Crippen MR) is 105 cm³/mol. The fraction of sp³-hybridized carbons (Fsp3) is 0.222. The van der Waals surface area contributed by atoms with Crippen molar-refractivity contribution < 1.29 is 4.39 Å². The van der Waals surface area contributed by atoms with E-state index in [1.807, 2.05) is 10.6 Å². The van der Waals surface area contributed by atoms with Gasteiger partial charge in [0.15, 0.2) is 4.77 Å². The number of benzene rings is 2. The minimum Gasteiger partial charge on any atom is -0.271 e. The second-order valence-corrected chi connectivity index (χ2v) is 7.56. The fourth-order valence-corrected chi connectivity index (χ4v) is 3.97. The lowest BCUT2D eigenvalue weighted by molar-refractivity contribution is 0.627. The van der Waals surface area contributed by atoms with Crippen molar-refractivity contribution in [2.24, 2.45) is 0 Å². The van der Waals surface area contributed by atoms with Crippen molar-refractivity contribution in [1.29, 1.82) is 0 Å². The standard InChI is InChI=1S/C18H17ClFN3S2/c1-11-3-6-15(7-12(11)2)23-17(21-22-18(23)24)10-25-9-13-4-5-14(20)8-16(13)19/h3-8H,9-10H2,1-2H3,(H,22,24). The lowest BCUT2D eigenvalue weighted by atomic mass is 10.1. The number of halogens is 2. The normalized spacial score (nSPS) is 11.0. The van der Waals surface area contributed by atoms with Crippen LogP contribution in [0.4, 0.5) is 4.39 Å². The summed E-state index contributed by atoms with van der Waals surface area (Å²) in [4.78, 5) is 0. The molecule has 0 aliphatic carbocycles. The molecule has 0 saturated heterocycles. The third-order valence-corrected chi connectivity index (χ3v) is 5.60. The number of nitrogens with one attached hydrogen (secondary N) is 1. The van der Waals surface area contributed by atoms with Gasteiger partial charge in [-0.05, 0) is 67.0 Å². The molecule has 0 atom stereocenters. The minimum absolute atomic E-state index is 0.325. The van der Waals surface area contributed by atoms with Crippen LogP contribution in [0.1, 0.15) is 22.5 Å². The first-order valence-electron chi connectivity index (χ1n) is 7.71. The lowest BCUT2D eigenvalue weighted by Crippen LogP contribution is -2.01. The summed E-state index contributed by atoms with van der Waals surface area (Å²) in [5, 5.41) is 7.65. The largest absolute Gasteiger partial charge is 0.271 e. The van der Waals surface area contributed by atoms with E-state index in [0.29, 0.717) is 21.3 Å². The van der Waals surface area contributed by atoms with E-state index in [2.05, 4.69) is 36.2 Å². The maximum Gasteiger partial charge on any atom is 0.199 e. The molecule has 0 radical (unpaired) electrons. The first kappa shape index (κ1) is 18.2. The van der Waals surface area contributed by atoms with E-state index in [4.69, 9.17) is 23.8 Å². The Kier molecular flexibility index (Phi) is 5.61. The Balaban J connectivity index is 1.78. The zero-order valence-corrected chi connectivity index (χ0v) is 16.2. The van der Waals surface area contributed by atoms with Gasteiger partial charge in [0.25, 0.3) is 0 Å². The molecular weight excluding hydrogens is 377 g/mol. The number of hydrogen-bond donors (Lipinski definition) is 1. The van der Waals surface area contributed by atoms with Crippen LogP contribution < -0.4 is 0 Å².